The maximum Gasteiger partial charge on any atom is 0.223 e. The van der Waals surface area contributed by atoms with Crippen LogP contribution in [-0.2, 0) is 0 Å². The number of hydrogen-bond acceptors (Lipinski definition) is 2. The molecule has 0 N–H and O–H groups in total. The molecule has 0 heterocycles. The lowest BCUT2D eigenvalue weighted by Crippen LogP contribution is -1.97. The van der Waals surface area contributed by atoms with E-state index in [9.17, 15) is 4.79 Å². The number of carbonyl (C=O) groups excluding carboxylic acids is 1. The SMILES string of the molecule is C=CSC(=O)c1cccc(C)c1C. The predicted molar refractivity (Wildman–Crippen MR) is 58.0 cm³/mol. The van der Waals surface area contributed by atoms with Crippen LogP contribution in [0.2, 0.25) is 0 Å². The van der Waals surface area contributed by atoms with Gasteiger partial charge < -0.3 is 0 Å². The van der Waals surface area contributed by atoms with Crippen LogP contribution in [0.25, 0.3) is 0 Å². The molecular weight excluding hydrogens is 180 g/mol. The second-order valence-corrected chi connectivity index (χ2v) is 3.76. The molecule has 0 saturated carbocycles. The molecule has 1 rings (SSSR count). The average molecular weight is 192 g/mol. The Hall–Kier alpha value is -1.02. The summed E-state index contributed by atoms with van der Waals surface area (Å²) in [5, 5.41) is 1.63. The fourth-order valence-corrected chi connectivity index (χ4v) is 1.61. The Balaban J connectivity index is 3.07. The van der Waals surface area contributed by atoms with E-state index in [4.69, 9.17) is 0 Å². The first-order valence-corrected chi connectivity index (χ1v) is 4.93. The van der Waals surface area contributed by atoms with Crippen LogP contribution < -0.4 is 0 Å². The lowest BCUT2D eigenvalue weighted by Gasteiger charge is -2.04. The Labute approximate surface area is 82.9 Å². The molecule has 1 aromatic rings. The van der Waals surface area contributed by atoms with E-state index in [1.165, 1.54) is 0 Å². The van der Waals surface area contributed by atoms with Crippen molar-refractivity contribution in [2.75, 3.05) is 0 Å². The maximum absolute atomic E-state index is 11.5. The third-order valence-electron chi connectivity index (χ3n) is 2.01. The maximum atomic E-state index is 11.5. The summed E-state index contributed by atoms with van der Waals surface area (Å²) in [6, 6.07) is 5.76. The van der Waals surface area contributed by atoms with Gasteiger partial charge in [-0.3, -0.25) is 4.79 Å². The molecule has 0 aliphatic rings. The van der Waals surface area contributed by atoms with Gasteiger partial charge in [0.15, 0.2) is 0 Å². The molecule has 0 amide bonds. The Morgan fingerprint density at radius 3 is 2.77 bits per heavy atom. The molecule has 2 heteroatoms. The van der Waals surface area contributed by atoms with Crippen LogP contribution in [0.3, 0.4) is 0 Å². The summed E-state index contributed by atoms with van der Waals surface area (Å²) in [7, 11) is 0. The van der Waals surface area contributed by atoms with E-state index in [1.54, 1.807) is 5.41 Å². The fraction of sp³-hybridized carbons (Fsp3) is 0.182. The Kier molecular flexibility index (Phi) is 3.32. The van der Waals surface area contributed by atoms with Gasteiger partial charge >= 0.3 is 0 Å². The van der Waals surface area contributed by atoms with Crippen molar-refractivity contribution < 1.29 is 4.79 Å². The minimum absolute atomic E-state index is 0.0659. The second-order valence-electron chi connectivity index (χ2n) is 2.82. The average Bonchev–Trinajstić information content (AvgIpc) is 2.10. The van der Waals surface area contributed by atoms with Crippen LogP contribution >= 0.6 is 11.8 Å². The summed E-state index contributed by atoms with van der Waals surface area (Å²) in [5.74, 6) is 0. The predicted octanol–water partition coefficient (Wildman–Crippen LogP) is 3.32. The van der Waals surface area contributed by atoms with Gasteiger partial charge in [-0.15, -0.1) is 0 Å². The van der Waals surface area contributed by atoms with E-state index in [2.05, 4.69) is 6.58 Å². The van der Waals surface area contributed by atoms with E-state index in [-0.39, 0.29) is 5.12 Å². The first-order chi connectivity index (χ1) is 6.16. The number of hydrogen-bond donors (Lipinski definition) is 0. The van der Waals surface area contributed by atoms with Gasteiger partial charge in [0.05, 0.1) is 0 Å². The smallest absolute Gasteiger partial charge is 0.223 e. The highest BCUT2D eigenvalue weighted by Crippen LogP contribution is 2.18. The molecular formula is C11H12OS. The highest BCUT2D eigenvalue weighted by Gasteiger charge is 2.08. The number of aryl methyl sites for hydroxylation is 1. The van der Waals surface area contributed by atoms with Gasteiger partial charge in [0.1, 0.15) is 0 Å². The number of carbonyl (C=O) groups is 1. The van der Waals surface area contributed by atoms with Crippen molar-refractivity contribution >= 4 is 16.9 Å². The Morgan fingerprint density at radius 2 is 2.15 bits per heavy atom. The first-order valence-electron chi connectivity index (χ1n) is 4.05. The molecule has 1 aromatic carbocycles. The van der Waals surface area contributed by atoms with Gasteiger partial charge in [-0.05, 0) is 30.4 Å². The third-order valence-corrected chi connectivity index (χ3v) is 2.62. The monoisotopic (exact) mass is 192 g/mol. The zero-order valence-electron chi connectivity index (χ0n) is 7.83. The highest BCUT2D eigenvalue weighted by molar-refractivity contribution is 8.16. The zero-order valence-corrected chi connectivity index (χ0v) is 8.65. The molecule has 0 aliphatic heterocycles. The van der Waals surface area contributed by atoms with E-state index < -0.39 is 0 Å². The van der Waals surface area contributed by atoms with Gasteiger partial charge in [-0.25, -0.2) is 0 Å². The van der Waals surface area contributed by atoms with Crippen molar-refractivity contribution in [3.8, 4) is 0 Å². The molecule has 0 fully saturated rings. The summed E-state index contributed by atoms with van der Waals surface area (Å²) in [4.78, 5) is 11.5. The molecule has 0 aliphatic carbocycles. The lowest BCUT2D eigenvalue weighted by atomic mass is 10.0. The minimum Gasteiger partial charge on any atom is -0.281 e. The summed E-state index contributed by atoms with van der Waals surface area (Å²) < 4.78 is 0. The lowest BCUT2D eigenvalue weighted by molar-refractivity contribution is 0.108. The molecule has 0 saturated heterocycles. The van der Waals surface area contributed by atoms with Crippen molar-refractivity contribution in [3.05, 3.63) is 46.9 Å². The summed E-state index contributed by atoms with van der Waals surface area (Å²) in [6.07, 6.45) is 0. The molecule has 0 atom stereocenters. The van der Waals surface area contributed by atoms with Gasteiger partial charge in [0, 0.05) is 5.56 Å². The number of rotatable bonds is 2. The van der Waals surface area contributed by atoms with Crippen LogP contribution in [0.5, 0.6) is 0 Å². The van der Waals surface area contributed by atoms with Crippen molar-refractivity contribution in [2.45, 2.75) is 13.8 Å². The van der Waals surface area contributed by atoms with Gasteiger partial charge in [-0.1, -0.05) is 36.5 Å². The van der Waals surface area contributed by atoms with Crippen LogP contribution in [-0.4, -0.2) is 5.12 Å². The van der Waals surface area contributed by atoms with Crippen LogP contribution in [0.15, 0.2) is 30.2 Å². The topological polar surface area (TPSA) is 17.1 Å². The highest BCUT2D eigenvalue weighted by atomic mass is 32.2. The van der Waals surface area contributed by atoms with Gasteiger partial charge in [0.25, 0.3) is 0 Å². The molecule has 0 radical (unpaired) electrons. The van der Waals surface area contributed by atoms with Crippen molar-refractivity contribution in [1.82, 2.24) is 0 Å². The van der Waals surface area contributed by atoms with Crippen molar-refractivity contribution in [1.29, 1.82) is 0 Å². The molecule has 0 bridgehead atoms. The van der Waals surface area contributed by atoms with E-state index in [0.717, 1.165) is 28.5 Å². The van der Waals surface area contributed by atoms with E-state index in [0.29, 0.717) is 0 Å². The van der Waals surface area contributed by atoms with Crippen molar-refractivity contribution in [2.24, 2.45) is 0 Å². The standard InChI is InChI=1S/C11H12OS/c1-4-13-11(12)10-7-5-6-8(2)9(10)3/h4-7H,1H2,2-3H3. The van der Waals surface area contributed by atoms with Crippen LogP contribution in [0.4, 0.5) is 0 Å². The van der Waals surface area contributed by atoms with E-state index in [1.807, 2.05) is 32.0 Å². The van der Waals surface area contributed by atoms with Gasteiger partial charge in [-0.2, -0.15) is 0 Å². The molecule has 0 unspecified atom stereocenters. The van der Waals surface area contributed by atoms with Gasteiger partial charge in [0.2, 0.25) is 5.12 Å². The molecule has 13 heavy (non-hydrogen) atoms. The minimum atomic E-state index is 0.0659. The third kappa shape index (κ3) is 2.22. The molecule has 1 nitrogen and oxygen atoms in total. The number of thioether (sulfide) groups is 1. The molecule has 0 aromatic heterocycles. The van der Waals surface area contributed by atoms with Crippen LogP contribution in [0, 0.1) is 13.8 Å². The summed E-state index contributed by atoms with van der Waals surface area (Å²) in [6.45, 7) is 7.49. The summed E-state index contributed by atoms with van der Waals surface area (Å²) in [5.41, 5.74) is 2.99. The molecule has 68 valence electrons. The largest absolute Gasteiger partial charge is 0.281 e. The van der Waals surface area contributed by atoms with Crippen molar-refractivity contribution in [3.63, 3.8) is 0 Å². The quantitative estimate of drug-likeness (QED) is 0.715. The zero-order chi connectivity index (χ0) is 9.84. The van der Waals surface area contributed by atoms with E-state index >= 15 is 0 Å². The fourth-order valence-electron chi connectivity index (χ4n) is 1.11. The molecule has 0 spiro atoms. The summed E-state index contributed by atoms with van der Waals surface area (Å²) >= 11 is 1.13. The Bertz CT molecular complexity index is 342. The first kappa shape index (κ1) is 10.1. The second kappa shape index (κ2) is 4.28. The normalized spacial score (nSPS) is 9.69. The Morgan fingerprint density at radius 1 is 1.46 bits per heavy atom. The van der Waals surface area contributed by atoms with Crippen LogP contribution in [0.1, 0.15) is 21.5 Å². The number of benzene rings is 1.